The molecule has 0 bridgehead atoms. The van der Waals surface area contributed by atoms with Crippen LogP contribution in [0.25, 0.3) is 0 Å². The van der Waals surface area contributed by atoms with Crippen molar-refractivity contribution in [3.63, 3.8) is 0 Å². The van der Waals surface area contributed by atoms with Crippen LogP contribution >= 0.6 is 11.6 Å². The number of hydrogen-bond acceptors (Lipinski definition) is 3. The molecule has 0 spiro atoms. The molecule has 0 aliphatic carbocycles. The predicted molar refractivity (Wildman–Crippen MR) is 59.1 cm³/mol. The second-order valence-corrected chi connectivity index (χ2v) is 3.58. The van der Waals surface area contributed by atoms with Crippen LogP contribution in [0.1, 0.15) is 10.5 Å². The van der Waals surface area contributed by atoms with Gasteiger partial charge in [-0.2, -0.15) is 0 Å². The highest BCUT2D eigenvalue weighted by Crippen LogP contribution is 2.13. The first-order valence-electron chi connectivity index (χ1n) is 4.81. The van der Waals surface area contributed by atoms with Gasteiger partial charge in [-0.1, -0.05) is 11.6 Å². The zero-order chi connectivity index (χ0) is 12.0. The number of nitrogens with zero attached hydrogens (tertiary/aromatic N) is 1. The number of carbonyl (C=O) groups is 1. The van der Waals surface area contributed by atoms with Crippen molar-refractivity contribution >= 4 is 17.6 Å². The minimum absolute atomic E-state index is 0.167. The Bertz CT molecular complexity index is 351. The maximum absolute atomic E-state index is 10.8. The first kappa shape index (κ1) is 13.0. The fraction of sp³-hybridized carbons (Fsp3) is 0.500. The molecule has 0 aliphatic rings. The van der Waals surface area contributed by atoms with Crippen LogP contribution in [0.5, 0.6) is 0 Å². The van der Waals surface area contributed by atoms with Gasteiger partial charge in [-0.05, 0) is 6.07 Å². The van der Waals surface area contributed by atoms with E-state index in [-0.39, 0.29) is 5.69 Å². The number of aromatic carboxylic acids is 1. The maximum atomic E-state index is 10.8. The zero-order valence-electron chi connectivity index (χ0n) is 8.98. The molecule has 1 aromatic heterocycles. The summed E-state index contributed by atoms with van der Waals surface area (Å²) in [5, 5.41) is 9.29. The molecule has 1 N–H and O–H groups in total. The van der Waals surface area contributed by atoms with Crippen LogP contribution in [0.2, 0.25) is 5.02 Å². The zero-order valence-corrected chi connectivity index (χ0v) is 9.74. The van der Waals surface area contributed by atoms with E-state index in [9.17, 15) is 4.79 Å². The second-order valence-electron chi connectivity index (χ2n) is 3.15. The molecule has 0 amide bonds. The Kier molecular flexibility index (Phi) is 5.31. The Morgan fingerprint density at radius 1 is 1.50 bits per heavy atom. The van der Waals surface area contributed by atoms with Gasteiger partial charge >= 0.3 is 5.97 Å². The Balaban J connectivity index is 2.44. The van der Waals surface area contributed by atoms with E-state index in [1.54, 1.807) is 17.9 Å². The first-order valence-corrected chi connectivity index (χ1v) is 5.18. The molecule has 1 rings (SSSR count). The van der Waals surface area contributed by atoms with E-state index in [1.807, 2.05) is 0 Å². The van der Waals surface area contributed by atoms with Crippen molar-refractivity contribution < 1.29 is 19.4 Å². The molecule has 0 saturated carbocycles. The molecule has 0 saturated heterocycles. The molecule has 0 fully saturated rings. The molecule has 0 unspecified atom stereocenters. The number of ether oxygens (including phenoxy) is 2. The third-order valence-corrected chi connectivity index (χ3v) is 2.20. The van der Waals surface area contributed by atoms with Gasteiger partial charge in [0.15, 0.2) is 0 Å². The molecule has 0 atom stereocenters. The molecule has 1 heterocycles. The average molecular weight is 248 g/mol. The number of rotatable bonds is 7. The van der Waals surface area contributed by atoms with Crippen molar-refractivity contribution in [1.29, 1.82) is 0 Å². The van der Waals surface area contributed by atoms with Crippen LogP contribution in [0.15, 0.2) is 12.3 Å². The minimum Gasteiger partial charge on any atom is -0.477 e. The Morgan fingerprint density at radius 3 is 2.88 bits per heavy atom. The van der Waals surface area contributed by atoms with Crippen LogP contribution in [0, 0.1) is 0 Å². The normalized spacial score (nSPS) is 10.6. The fourth-order valence-corrected chi connectivity index (χ4v) is 1.47. The summed E-state index contributed by atoms with van der Waals surface area (Å²) in [6.07, 6.45) is 1.57. The number of hydrogen-bond donors (Lipinski definition) is 1. The summed E-state index contributed by atoms with van der Waals surface area (Å²) in [5.41, 5.74) is 0.167. The van der Waals surface area contributed by atoms with E-state index in [0.29, 0.717) is 31.4 Å². The lowest BCUT2D eigenvalue weighted by Crippen LogP contribution is -2.13. The monoisotopic (exact) mass is 247 g/mol. The molecule has 5 nitrogen and oxygen atoms in total. The van der Waals surface area contributed by atoms with Gasteiger partial charge in [-0.3, -0.25) is 0 Å². The summed E-state index contributed by atoms with van der Waals surface area (Å²) >= 11 is 5.73. The lowest BCUT2D eigenvalue weighted by molar-refractivity contribution is 0.0629. The van der Waals surface area contributed by atoms with E-state index < -0.39 is 5.97 Å². The van der Waals surface area contributed by atoms with Crippen molar-refractivity contribution in [2.45, 2.75) is 6.54 Å². The van der Waals surface area contributed by atoms with Crippen LogP contribution in [0.3, 0.4) is 0 Å². The molecule has 0 aromatic carbocycles. The molecule has 0 aliphatic heterocycles. The third-order valence-electron chi connectivity index (χ3n) is 1.99. The molecule has 16 heavy (non-hydrogen) atoms. The number of carboxylic acids is 1. The van der Waals surface area contributed by atoms with Crippen molar-refractivity contribution in [2.24, 2.45) is 0 Å². The van der Waals surface area contributed by atoms with E-state index in [4.69, 9.17) is 26.2 Å². The summed E-state index contributed by atoms with van der Waals surface area (Å²) in [7, 11) is 1.59. The highest BCUT2D eigenvalue weighted by atomic mass is 35.5. The van der Waals surface area contributed by atoms with Gasteiger partial charge in [0.2, 0.25) is 0 Å². The van der Waals surface area contributed by atoms with Crippen molar-refractivity contribution in [1.82, 2.24) is 4.57 Å². The van der Waals surface area contributed by atoms with Gasteiger partial charge < -0.3 is 19.1 Å². The van der Waals surface area contributed by atoms with Crippen molar-refractivity contribution in [3.8, 4) is 0 Å². The largest absolute Gasteiger partial charge is 0.477 e. The number of aromatic nitrogens is 1. The van der Waals surface area contributed by atoms with Gasteiger partial charge in [0, 0.05) is 19.9 Å². The molecule has 0 radical (unpaired) electrons. The smallest absolute Gasteiger partial charge is 0.352 e. The lowest BCUT2D eigenvalue weighted by atomic mass is 10.4. The van der Waals surface area contributed by atoms with Crippen LogP contribution < -0.4 is 0 Å². The summed E-state index contributed by atoms with van der Waals surface area (Å²) < 4.78 is 11.6. The fourth-order valence-electron chi connectivity index (χ4n) is 1.25. The lowest BCUT2D eigenvalue weighted by Gasteiger charge is -2.06. The number of carboxylic acid groups (broad SMARTS) is 1. The van der Waals surface area contributed by atoms with Gasteiger partial charge in [-0.15, -0.1) is 0 Å². The third kappa shape index (κ3) is 3.84. The summed E-state index contributed by atoms with van der Waals surface area (Å²) in [6.45, 7) is 1.90. The van der Waals surface area contributed by atoms with E-state index >= 15 is 0 Å². The summed E-state index contributed by atoms with van der Waals surface area (Å²) in [5.74, 6) is -0.996. The van der Waals surface area contributed by atoms with Crippen molar-refractivity contribution in [3.05, 3.63) is 23.0 Å². The topological polar surface area (TPSA) is 60.7 Å². The number of halogens is 1. The molecular weight excluding hydrogens is 234 g/mol. The SMILES string of the molecule is COCCOCCn1cc(Cl)cc1C(=O)O. The molecule has 6 heteroatoms. The molecule has 90 valence electrons. The summed E-state index contributed by atoms with van der Waals surface area (Å²) in [4.78, 5) is 10.8. The Labute approximate surface area is 98.5 Å². The van der Waals surface area contributed by atoms with Gasteiger partial charge in [-0.25, -0.2) is 4.79 Å². The second kappa shape index (κ2) is 6.52. The van der Waals surface area contributed by atoms with Gasteiger partial charge in [0.05, 0.1) is 24.8 Å². The minimum atomic E-state index is -0.996. The van der Waals surface area contributed by atoms with E-state index in [1.165, 1.54) is 6.07 Å². The highest BCUT2D eigenvalue weighted by molar-refractivity contribution is 6.30. The Morgan fingerprint density at radius 2 is 2.25 bits per heavy atom. The van der Waals surface area contributed by atoms with Gasteiger partial charge in [0.25, 0.3) is 0 Å². The number of methoxy groups -OCH3 is 1. The maximum Gasteiger partial charge on any atom is 0.352 e. The average Bonchev–Trinajstić information content (AvgIpc) is 2.59. The molecule has 1 aromatic rings. The summed E-state index contributed by atoms with van der Waals surface area (Å²) in [6, 6.07) is 1.42. The van der Waals surface area contributed by atoms with Gasteiger partial charge in [0.1, 0.15) is 5.69 Å². The van der Waals surface area contributed by atoms with E-state index in [2.05, 4.69) is 0 Å². The molecular formula is C10H14ClNO4. The standard InChI is InChI=1S/C10H14ClNO4/c1-15-4-5-16-3-2-12-7-8(11)6-9(12)10(13)14/h6-7H,2-5H2,1H3,(H,13,14). The van der Waals surface area contributed by atoms with Crippen LogP contribution in [-0.4, -0.2) is 42.6 Å². The quantitative estimate of drug-likeness (QED) is 0.742. The Hall–Kier alpha value is -1.04. The predicted octanol–water partition coefficient (Wildman–Crippen LogP) is 1.50. The van der Waals surface area contributed by atoms with Crippen LogP contribution in [0.4, 0.5) is 0 Å². The van der Waals surface area contributed by atoms with E-state index in [0.717, 1.165) is 0 Å². The van der Waals surface area contributed by atoms with Crippen molar-refractivity contribution in [2.75, 3.05) is 26.9 Å². The van der Waals surface area contributed by atoms with Crippen LogP contribution in [-0.2, 0) is 16.0 Å². The highest BCUT2D eigenvalue weighted by Gasteiger charge is 2.10. The first-order chi connectivity index (χ1) is 7.65.